The molecule has 3 nitrogen and oxygen atoms in total. The van der Waals surface area contributed by atoms with Gasteiger partial charge in [0.05, 0.1) is 5.52 Å². The lowest BCUT2D eigenvalue weighted by atomic mass is 9.90. The van der Waals surface area contributed by atoms with Crippen molar-refractivity contribution in [3.8, 4) is 0 Å². The minimum atomic E-state index is 0.514. The highest BCUT2D eigenvalue weighted by Gasteiger charge is 2.21. The molecule has 1 aliphatic carbocycles. The first-order valence-electron chi connectivity index (χ1n) is 10.2. The van der Waals surface area contributed by atoms with Gasteiger partial charge >= 0.3 is 0 Å². The van der Waals surface area contributed by atoms with Gasteiger partial charge in [0, 0.05) is 40.9 Å². The van der Waals surface area contributed by atoms with Crippen LogP contribution in [-0.2, 0) is 6.54 Å². The standard InChI is InChI=1S/C24H28ClN3/c1-16-11-17(2)13-18(12-16)15-27-20-4-6-21(7-5-20)28-23-9-10-26-24-14-19(25)3-8-22(23)24/h3,8-14,20-21,27H,4-7,15H2,1-2H3,(H,26,28). The fourth-order valence-electron chi connectivity index (χ4n) is 4.34. The van der Waals surface area contributed by atoms with Crippen LogP contribution in [0, 0.1) is 13.8 Å². The minimum absolute atomic E-state index is 0.514. The number of anilines is 1. The lowest BCUT2D eigenvalue weighted by molar-refractivity contribution is 0.353. The highest BCUT2D eigenvalue weighted by molar-refractivity contribution is 6.31. The van der Waals surface area contributed by atoms with Crippen molar-refractivity contribution in [2.45, 2.75) is 58.2 Å². The Bertz CT molecular complexity index is 941. The molecule has 0 amide bonds. The van der Waals surface area contributed by atoms with Crippen LogP contribution in [0.2, 0.25) is 5.02 Å². The molecule has 2 N–H and O–H groups in total. The zero-order valence-electron chi connectivity index (χ0n) is 16.6. The fraction of sp³-hybridized carbons (Fsp3) is 0.375. The maximum absolute atomic E-state index is 6.10. The zero-order chi connectivity index (χ0) is 19.5. The Morgan fingerprint density at radius 3 is 2.39 bits per heavy atom. The quantitative estimate of drug-likeness (QED) is 0.556. The third kappa shape index (κ3) is 4.65. The van der Waals surface area contributed by atoms with Crippen molar-refractivity contribution in [1.29, 1.82) is 0 Å². The van der Waals surface area contributed by atoms with Gasteiger partial charge in [0.1, 0.15) is 0 Å². The Morgan fingerprint density at radius 2 is 1.64 bits per heavy atom. The van der Waals surface area contributed by atoms with Gasteiger partial charge in [-0.2, -0.15) is 0 Å². The average molecular weight is 394 g/mol. The molecule has 1 fully saturated rings. The van der Waals surface area contributed by atoms with Crippen molar-refractivity contribution in [3.05, 3.63) is 70.4 Å². The van der Waals surface area contributed by atoms with Crippen molar-refractivity contribution >= 4 is 28.2 Å². The van der Waals surface area contributed by atoms with Crippen LogP contribution in [0.15, 0.2) is 48.7 Å². The predicted molar refractivity (Wildman–Crippen MR) is 119 cm³/mol. The summed E-state index contributed by atoms with van der Waals surface area (Å²) in [6, 6.07) is 15.9. The average Bonchev–Trinajstić information content (AvgIpc) is 2.67. The Balaban J connectivity index is 1.32. The summed E-state index contributed by atoms with van der Waals surface area (Å²) >= 11 is 6.10. The summed E-state index contributed by atoms with van der Waals surface area (Å²) in [5.74, 6) is 0. The molecular weight excluding hydrogens is 366 g/mol. The van der Waals surface area contributed by atoms with E-state index in [0.29, 0.717) is 12.1 Å². The molecule has 2 aromatic carbocycles. The maximum Gasteiger partial charge on any atom is 0.0737 e. The third-order valence-electron chi connectivity index (χ3n) is 5.67. The molecular formula is C24H28ClN3. The van der Waals surface area contributed by atoms with Crippen LogP contribution >= 0.6 is 11.6 Å². The van der Waals surface area contributed by atoms with Gasteiger partial charge in [0.25, 0.3) is 0 Å². The Hall–Kier alpha value is -2.10. The smallest absolute Gasteiger partial charge is 0.0737 e. The first kappa shape index (κ1) is 19.2. The summed E-state index contributed by atoms with van der Waals surface area (Å²) in [5.41, 5.74) is 6.18. The monoisotopic (exact) mass is 393 g/mol. The highest BCUT2D eigenvalue weighted by Crippen LogP contribution is 2.28. The molecule has 146 valence electrons. The van der Waals surface area contributed by atoms with Gasteiger partial charge in [-0.15, -0.1) is 0 Å². The fourth-order valence-corrected chi connectivity index (χ4v) is 4.51. The van der Waals surface area contributed by atoms with Gasteiger partial charge in [-0.3, -0.25) is 4.98 Å². The van der Waals surface area contributed by atoms with Gasteiger partial charge < -0.3 is 10.6 Å². The lowest BCUT2D eigenvalue weighted by Crippen LogP contribution is -2.36. The van der Waals surface area contributed by atoms with E-state index in [1.165, 1.54) is 42.4 Å². The van der Waals surface area contributed by atoms with Crippen molar-refractivity contribution in [1.82, 2.24) is 10.3 Å². The van der Waals surface area contributed by atoms with E-state index in [4.69, 9.17) is 11.6 Å². The van der Waals surface area contributed by atoms with Crippen molar-refractivity contribution < 1.29 is 0 Å². The summed E-state index contributed by atoms with van der Waals surface area (Å²) < 4.78 is 0. The molecule has 1 aromatic heterocycles. The number of aromatic nitrogens is 1. The number of hydrogen-bond donors (Lipinski definition) is 2. The molecule has 0 atom stereocenters. The minimum Gasteiger partial charge on any atom is -0.382 e. The Kier molecular flexibility index (Phi) is 5.84. The number of pyridine rings is 1. The van der Waals surface area contributed by atoms with Crippen LogP contribution in [0.3, 0.4) is 0 Å². The normalized spacial score (nSPS) is 19.7. The summed E-state index contributed by atoms with van der Waals surface area (Å²) in [6.07, 6.45) is 6.64. The summed E-state index contributed by atoms with van der Waals surface area (Å²) in [4.78, 5) is 4.44. The van der Waals surface area contributed by atoms with Crippen LogP contribution in [-0.4, -0.2) is 17.1 Å². The number of benzene rings is 2. The Morgan fingerprint density at radius 1 is 0.929 bits per heavy atom. The van der Waals surface area contributed by atoms with Crippen molar-refractivity contribution in [2.75, 3.05) is 5.32 Å². The van der Waals surface area contributed by atoms with Gasteiger partial charge in [0.15, 0.2) is 0 Å². The summed E-state index contributed by atoms with van der Waals surface area (Å²) in [7, 11) is 0. The van der Waals surface area contributed by atoms with E-state index in [1.54, 1.807) is 0 Å². The molecule has 0 aliphatic heterocycles. The SMILES string of the molecule is Cc1cc(C)cc(CNC2CCC(Nc3ccnc4cc(Cl)ccc34)CC2)c1. The van der Waals surface area contributed by atoms with E-state index in [2.05, 4.69) is 59.8 Å². The summed E-state index contributed by atoms with van der Waals surface area (Å²) in [5, 5.41) is 9.37. The number of halogens is 1. The first-order valence-corrected chi connectivity index (χ1v) is 10.6. The van der Waals surface area contributed by atoms with E-state index < -0.39 is 0 Å². The molecule has 0 radical (unpaired) electrons. The molecule has 4 rings (SSSR count). The van der Waals surface area contributed by atoms with Crippen molar-refractivity contribution in [3.63, 3.8) is 0 Å². The van der Waals surface area contributed by atoms with Crippen LogP contribution in [0.4, 0.5) is 5.69 Å². The molecule has 0 saturated heterocycles. The maximum atomic E-state index is 6.10. The van der Waals surface area contributed by atoms with E-state index in [1.807, 2.05) is 18.3 Å². The predicted octanol–water partition coefficient (Wildman–Crippen LogP) is 6.02. The second kappa shape index (κ2) is 8.50. The number of rotatable bonds is 5. The lowest BCUT2D eigenvalue weighted by Gasteiger charge is -2.30. The van der Waals surface area contributed by atoms with Crippen LogP contribution in [0.25, 0.3) is 10.9 Å². The van der Waals surface area contributed by atoms with E-state index >= 15 is 0 Å². The third-order valence-corrected chi connectivity index (χ3v) is 5.90. The number of fused-ring (bicyclic) bond motifs is 1. The number of hydrogen-bond acceptors (Lipinski definition) is 3. The molecule has 3 aromatic rings. The van der Waals surface area contributed by atoms with Crippen LogP contribution in [0.5, 0.6) is 0 Å². The topological polar surface area (TPSA) is 37.0 Å². The molecule has 28 heavy (non-hydrogen) atoms. The second-order valence-electron chi connectivity index (χ2n) is 8.09. The zero-order valence-corrected chi connectivity index (χ0v) is 17.4. The highest BCUT2D eigenvalue weighted by atomic mass is 35.5. The summed E-state index contributed by atoms with van der Waals surface area (Å²) in [6.45, 7) is 5.30. The number of nitrogens with one attached hydrogen (secondary N) is 2. The molecule has 0 spiro atoms. The van der Waals surface area contributed by atoms with E-state index in [0.717, 1.165) is 28.2 Å². The molecule has 0 unspecified atom stereocenters. The molecule has 1 heterocycles. The molecule has 1 saturated carbocycles. The van der Waals surface area contributed by atoms with Crippen LogP contribution < -0.4 is 10.6 Å². The van der Waals surface area contributed by atoms with Gasteiger partial charge in [-0.1, -0.05) is 40.9 Å². The largest absolute Gasteiger partial charge is 0.382 e. The van der Waals surface area contributed by atoms with E-state index in [9.17, 15) is 0 Å². The van der Waals surface area contributed by atoms with Gasteiger partial charge in [-0.05, 0) is 69.4 Å². The van der Waals surface area contributed by atoms with Crippen LogP contribution in [0.1, 0.15) is 42.4 Å². The number of nitrogens with zero attached hydrogens (tertiary/aromatic N) is 1. The first-order chi connectivity index (χ1) is 13.6. The van der Waals surface area contributed by atoms with Gasteiger partial charge in [-0.25, -0.2) is 0 Å². The second-order valence-corrected chi connectivity index (χ2v) is 8.53. The van der Waals surface area contributed by atoms with Gasteiger partial charge in [0.2, 0.25) is 0 Å². The molecule has 4 heteroatoms. The van der Waals surface area contributed by atoms with Crippen molar-refractivity contribution in [2.24, 2.45) is 0 Å². The number of aryl methyl sites for hydroxylation is 2. The Labute approximate surface area is 172 Å². The molecule has 0 bridgehead atoms. The molecule has 1 aliphatic rings. The van der Waals surface area contributed by atoms with E-state index in [-0.39, 0.29) is 0 Å².